The number of hydrogen-bond acceptors (Lipinski definition) is 3. The lowest BCUT2D eigenvalue weighted by atomic mass is 10.1. The molecule has 1 amide bonds. The Labute approximate surface area is 117 Å². The van der Waals surface area contributed by atoms with Crippen molar-refractivity contribution in [3.8, 4) is 0 Å². The van der Waals surface area contributed by atoms with E-state index in [9.17, 15) is 13.2 Å². The molecule has 0 bridgehead atoms. The van der Waals surface area contributed by atoms with Crippen LogP contribution in [0.2, 0.25) is 0 Å². The van der Waals surface area contributed by atoms with E-state index in [4.69, 9.17) is 5.73 Å². The Hall–Kier alpha value is -2.34. The van der Waals surface area contributed by atoms with Crippen LogP contribution >= 0.6 is 0 Å². The molecule has 2 aromatic rings. The molecule has 5 nitrogen and oxygen atoms in total. The second-order valence-corrected chi connectivity index (χ2v) is 5.94. The van der Waals surface area contributed by atoms with Crippen LogP contribution in [0, 0.1) is 0 Å². The number of carbonyl (C=O) groups is 1. The molecule has 0 aliphatic heterocycles. The SMILES string of the molecule is NC(=O)Cc1ccc(NS(=O)(=O)c2ccccc2)cc1. The number of nitrogens with one attached hydrogen (secondary N) is 1. The first-order valence-electron chi connectivity index (χ1n) is 5.92. The van der Waals surface area contributed by atoms with Crippen molar-refractivity contribution in [3.05, 3.63) is 60.2 Å². The normalized spacial score (nSPS) is 11.0. The Morgan fingerprint density at radius 2 is 1.60 bits per heavy atom. The average molecular weight is 290 g/mol. The maximum absolute atomic E-state index is 12.1. The molecule has 104 valence electrons. The summed E-state index contributed by atoms with van der Waals surface area (Å²) >= 11 is 0. The topological polar surface area (TPSA) is 89.3 Å². The minimum absolute atomic E-state index is 0.131. The first-order chi connectivity index (χ1) is 9.47. The molecule has 20 heavy (non-hydrogen) atoms. The van der Waals surface area contributed by atoms with Gasteiger partial charge in [-0.1, -0.05) is 30.3 Å². The Bertz CT molecular complexity index is 695. The zero-order valence-corrected chi connectivity index (χ0v) is 11.4. The number of sulfonamides is 1. The largest absolute Gasteiger partial charge is 0.369 e. The lowest BCUT2D eigenvalue weighted by Gasteiger charge is -2.08. The fourth-order valence-corrected chi connectivity index (χ4v) is 2.79. The van der Waals surface area contributed by atoms with Gasteiger partial charge in [0.1, 0.15) is 0 Å². The monoisotopic (exact) mass is 290 g/mol. The molecule has 0 saturated carbocycles. The second-order valence-electron chi connectivity index (χ2n) is 4.26. The minimum atomic E-state index is -3.59. The highest BCUT2D eigenvalue weighted by atomic mass is 32.2. The van der Waals surface area contributed by atoms with E-state index < -0.39 is 15.9 Å². The maximum atomic E-state index is 12.1. The summed E-state index contributed by atoms with van der Waals surface area (Å²) in [5.74, 6) is -0.428. The van der Waals surface area contributed by atoms with E-state index in [1.807, 2.05) is 0 Å². The third-order valence-electron chi connectivity index (χ3n) is 2.64. The summed E-state index contributed by atoms with van der Waals surface area (Å²) in [6.07, 6.45) is 0.131. The number of benzene rings is 2. The van der Waals surface area contributed by atoms with Crippen molar-refractivity contribution in [2.24, 2.45) is 5.73 Å². The summed E-state index contributed by atoms with van der Waals surface area (Å²) in [5.41, 5.74) is 6.26. The van der Waals surface area contributed by atoms with Crippen molar-refractivity contribution in [1.82, 2.24) is 0 Å². The number of rotatable bonds is 5. The molecule has 0 aromatic heterocycles. The van der Waals surface area contributed by atoms with Gasteiger partial charge >= 0.3 is 0 Å². The summed E-state index contributed by atoms with van der Waals surface area (Å²) < 4.78 is 26.6. The van der Waals surface area contributed by atoms with E-state index in [0.29, 0.717) is 5.69 Å². The van der Waals surface area contributed by atoms with Crippen molar-refractivity contribution in [2.75, 3.05) is 4.72 Å². The molecule has 0 unspecified atom stereocenters. The van der Waals surface area contributed by atoms with Gasteiger partial charge in [-0.25, -0.2) is 8.42 Å². The zero-order valence-electron chi connectivity index (χ0n) is 10.6. The van der Waals surface area contributed by atoms with Crippen LogP contribution in [0.1, 0.15) is 5.56 Å². The average Bonchev–Trinajstić information content (AvgIpc) is 2.41. The Kier molecular flexibility index (Phi) is 4.05. The smallest absolute Gasteiger partial charge is 0.261 e. The van der Waals surface area contributed by atoms with Crippen LogP contribution in [0.3, 0.4) is 0 Å². The predicted molar refractivity (Wildman–Crippen MR) is 76.6 cm³/mol. The number of anilines is 1. The summed E-state index contributed by atoms with van der Waals surface area (Å²) in [7, 11) is -3.59. The molecule has 3 N–H and O–H groups in total. The quantitative estimate of drug-likeness (QED) is 0.874. The van der Waals surface area contributed by atoms with Crippen molar-refractivity contribution < 1.29 is 13.2 Å². The van der Waals surface area contributed by atoms with E-state index in [1.54, 1.807) is 42.5 Å². The number of nitrogens with two attached hydrogens (primary N) is 1. The van der Waals surface area contributed by atoms with Crippen molar-refractivity contribution in [3.63, 3.8) is 0 Å². The molecule has 0 saturated heterocycles. The molecule has 0 heterocycles. The molecule has 0 radical (unpaired) electrons. The predicted octanol–water partition coefficient (Wildman–Crippen LogP) is 1.52. The van der Waals surface area contributed by atoms with E-state index >= 15 is 0 Å². The molecule has 0 aliphatic rings. The summed E-state index contributed by atoms with van der Waals surface area (Å²) in [5, 5.41) is 0. The first kappa shape index (κ1) is 14.1. The number of carbonyl (C=O) groups excluding carboxylic acids is 1. The third-order valence-corrected chi connectivity index (χ3v) is 4.04. The van der Waals surface area contributed by atoms with Crippen LogP contribution in [0.4, 0.5) is 5.69 Å². The second kappa shape index (κ2) is 5.75. The van der Waals surface area contributed by atoms with Crippen molar-refractivity contribution in [1.29, 1.82) is 0 Å². The van der Waals surface area contributed by atoms with Gasteiger partial charge in [0.2, 0.25) is 5.91 Å². The number of amides is 1. The van der Waals surface area contributed by atoms with Gasteiger partial charge < -0.3 is 5.73 Å². The number of hydrogen-bond donors (Lipinski definition) is 2. The number of primary amides is 1. The third kappa shape index (κ3) is 3.58. The Morgan fingerprint density at radius 3 is 2.15 bits per heavy atom. The first-order valence-corrected chi connectivity index (χ1v) is 7.41. The van der Waals surface area contributed by atoms with Gasteiger partial charge in [0.15, 0.2) is 0 Å². The highest BCUT2D eigenvalue weighted by molar-refractivity contribution is 7.92. The van der Waals surface area contributed by atoms with Gasteiger partial charge in [-0.05, 0) is 29.8 Å². The highest BCUT2D eigenvalue weighted by Crippen LogP contribution is 2.16. The highest BCUT2D eigenvalue weighted by Gasteiger charge is 2.13. The van der Waals surface area contributed by atoms with E-state index in [1.165, 1.54) is 12.1 Å². The lowest BCUT2D eigenvalue weighted by Crippen LogP contribution is -2.14. The maximum Gasteiger partial charge on any atom is 0.261 e. The van der Waals surface area contributed by atoms with E-state index in [0.717, 1.165) is 5.56 Å². The van der Waals surface area contributed by atoms with Gasteiger partial charge in [-0.2, -0.15) is 0 Å². The van der Waals surface area contributed by atoms with E-state index in [-0.39, 0.29) is 11.3 Å². The Balaban J connectivity index is 2.16. The molecule has 0 fully saturated rings. The van der Waals surface area contributed by atoms with E-state index in [2.05, 4.69) is 4.72 Å². The summed E-state index contributed by atoms with van der Waals surface area (Å²) in [6, 6.07) is 14.6. The zero-order chi connectivity index (χ0) is 14.6. The molecule has 0 atom stereocenters. The van der Waals surface area contributed by atoms with Crippen molar-refractivity contribution >= 4 is 21.6 Å². The molecule has 6 heteroatoms. The van der Waals surface area contributed by atoms with Crippen LogP contribution in [0.5, 0.6) is 0 Å². The van der Waals surface area contributed by atoms with Crippen LogP contribution in [-0.4, -0.2) is 14.3 Å². The van der Waals surface area contributed by atoms with Gasteiger partial charge in [0.25, 0.3) is 10.0 Å². The fraction of sp³-hybridized carbons (Fsp3) is 0.0714. The molecule has 0 aliphatic carbocycles. The standard InChI is InChI=1S/C14H14N2O3S/c15-14(17)10-11-6-8-12(9-7-11)16-20(18,19)13-4-2-1-3-5-13/h1-9,16H,10H2,(H2,15,17). The molecule has 0 spiro atoms. The fourth-order valence-electron chi connectivity index (χ4n) is 1.71. The van der Waals surface area contributed by atoms with Gasteiger partial charge in [0, 0.05) is 5.69 Å². The Morgan fingerprint density at radius 1 is 1.00 bits per heavy atom. The molecular formula is C14H14N2O3S. The van der Waals surface area contributed by atoms with Crippen LogP contribution in [0.15, 0.2) is 59.5 Å². The summed E-state index contributed by atoms with van der Waals surface area (Å²) in [6.45, 7) is 0. The van der Waals surface area contributed by atoms with Crippen LogP contribution in [0.25, 0.3) is 0 Å². The van der Waals surface area contributed by atoms with Crippen LogP contribution in [-0.2, 0) is 21.2 Å². The van der Waals surface area contributed by atoms with Crippen molar-refractivity contribution in [2.45, 2.75) is 11.3 Å². The minimum Gasteiger partial charge on any atom is -0.369 e. The van der Waals surface area contributed by atoms with Gasteiger partial charge in [-0.15, -0.1) is 0 Å². The molecular weight excluding hydrogens is 276 g/mol. The van der Waals surface area contributed by atoms with Gasteiger partial charge in [0.05, 0.1) is 11.3 Å². The lowest BCUT2D eigenvalue weighted by molar-refractivity contribution is -0.117. The van der Waals surface area contributed by atoms with Crippen LogP contribution < -0.4 is 10.5 Å². The molecule has 2 aromatic carbocycles. The summed E-state index contributed by atoms with van der Waals surface area (Å²) in [4.78, 5) is 11.0. The molecule has 2 rings (SSSR count). The van der Waals surface area contributed by atoms with Gasteiger partial charge in [-0.3, -0.25) is 9.52 Å².